The molecule has 0 radical (unpaired) electrons. The standard InChI is InChI=1S/C27H21F3N4O2/c1-17-6-12-21(13-7-17)34-24(27(28,29)30)22(16-31-34)25(35)32-20-10-8-19(9-11-20)26(36)33-15-14-18-4-2-3-5-23(18)33/h2-13,16H,14-15H2,1H3,(H,32,35). The maximum atomic E-state index is 13.9. The molecule has 0 unspecified atom stereocenters. The van der Waals surface area contributed by atoms with Crippen LogP contribution in [0.15, 0.2) is 79.0 Å². The molecule has 1 aliphatic rings. The van der Waals surface area contributed by atoms with Gasteiger partial charge >= 0.3 is 6.18 Å². The van der Waals surface area contributed by atoms with E-state index in [1.807, 2.05) is 31.2 Å². The van der Waals surface area contributed by atoms with Crippen molar-refractivity contribution in [3.8, 4) is 5.69 Å². The van der Waals surface area contributed by atoms with Crippen molar-refractivity contribution in [3.05, 3.63) is 107 Å². The Morgan fingerprint density at radius 3 is 2.33 bits per heavy atom. The predicted molar refractivity (Wildman–Crippen MR) is 130 cm³/mol. The van der Waals surface area contributed by atoms with Crippen LogP contribution in [-0.4, -0.2) is 28.1 Å². The topological polar surface area (TPSA) is 67.2 Å². The van der Waals surface area contributed by atoms with Gasteiger partial charge in [-0.1, -0.05) is 35.9 Å². The summed E-state index contributed by atoms with van der Waals surface area (Å²) in [7, 11) is 0. The van der Waals surface area contributed by atoms with E-state index in [-0.39, 0.29) is 17.3 Å². The highest BCUT2D eigenvalue weighted by atomic mass is 19.4. The third-order valence-electron chi connectivity index (χ3n) is 6.08. The Balaban J connectivity index is 1.36. The number of halogens is 3. The number of rotatable bonds is 4. The highest BCUT2D eigenvalue weighted by Gasteiger charge is 2.40. The molecular weight excluding hydrogens is 469 g/mol. The van der Waals surface area contributed by atoms with E-state index in [0.717, 1.165) is 29.4 Å². The van der Waals surface area contributed by atoms with Gasteiger partial charge in [-0.25, -0.2) is 4.68 Å². The van der Waals surface area contributed by atoms with Gasteiger partial charge in [0.25, 0.3) is 11.8 Å². The monoisotopic (exact) mass is 490 g/mol. The summed E-state index contributed by atoms with van der Waals surface area (Å²) in [6.07, 6.45) is -3.13. The zero-order chi connectivity index (χ0) is 25.4. The summed E-state index contributed by atoms with van der Waals surface area (Å²) in [6.45, 7) is 2.39. The summed E-state index contributed by atoms with van der Waals surface area (Å²) in [5.41, 5.74) is 1.95. The Bertz CT molecular complexity index is 1440. The van der Waals surface area contributed by atoms with Gasteiger partial charge in [-0.2, -0.15) is 18.3 Å². The predicted octanol–water partition coefficient (Wildman–Crippen LogP) is 5.65. The van der Waals surface area contributed by atoms with Gasteiger partial charge < -0.3 is 10.2 Å². The second kappa shape index (κ2) is 8.99. The lowest BCUT2D eigenvalue weighted by Crippen LogP contribution is -2.28. The van der Waals surface area contributed by atoms with Crippen LogP contribution in [0, 0.1) is 6.92 Å². The van der Waals surface area contributed by atoms with Crippen LogP contribution in [0.2, 0.25) is 0 Å². The van der Waals surface area contributed by atoms with Crippen molar-refractivity contribution >= 4 is 23.2 Å². The van der Waals surface area contributed by atoms with Gasteiger partial charge in [-0.3, -0.25) is 9.59 Å². The molecule has 2 heterocycles. The van der Waals surface area contributed by atoms with Crippen LogP contribution in [0.4, 0.5) is 24.5 Å². The Morgan fingerprint density at radius 2 is 1.64 bits per heavy atom. The molecule has 0 aliphatic carbocycles. The molecule has 5 rings (SSSR count). The fourth-order valence-corrected chi connectivity index (χ4v) is 4.27. The van der Waals surface area contributed by atoms with Crippen LogP contribution in [0.3, 0.4) is 0 Å². The lowest BCUT2D eigenvalue weighted by molar-refractivity contribution is -0.143. The zero-order valence-corrected chi connectivity index (χ0v) is 19.2. The van der Waals surface area contributed by atoms with Crippen LogP contribution in [-0.2, 0) is 12.6 Å². The van der Waals surface area contributed by atoms with E-state index in [2.05, 4.69) is 10.4 Å². The number of hydrogen-bond donors (Lipinski definition) is 1. The molecule has 0 bridgehead atoms. The second-order valence-corrected chi connectivity index (χ2v) is 8.52. The molecule has 9 heteroatoms. The Hall–Kier alpha value is -4.40. The molecule has 3 aromatic carbocycles. The smallest absolute Gasteiger partial charge is 0.322 e. The lowest BCUT2D eigenvalue weighted by Gasteiger charge is -2.17. The molecule has 0 fully saturated rings. The number of fused-ring (bicyclic) bond motifs is 1. The number of nitrogens with one attached hydrogen (secondary N) is 1. The summed E-state index contributed by atoms with van der Waals surface area (Å²) in [5, 5.41) is 6.31. The molecule has 1 aromatic heterocycles. The van der Waals surface area contributed by atoms with E-state index < -0.39 is 23.3 Å². The number of para-hydroxylation sites is 1. The van der Waals surface area contributed by atoms with Gasteiger partial charge in [0.2, 0.25) is 0 Å². The number of amides is 2. The van der Waals surface area contributed by atoms with E-state index >= 15 is 0 Å². The summed E-state index contributed by atoms with van der Waals surface area (Å²) in [5.74, 6) is -1.13. The van der Waals surface area contributed by atoms with Gasteiger partial charge in [0.15, 0.2) is 5.69 Å². The molecule has 2 amide bonds. The fourth-order valence-electron chi connectivity index (χ4n) is 4.27. The van der Waals surface area contributed by atoms with Gasteiger partial charge in [-0.05, 0) is 61.4 Å². The first kappa shape index (κ1) is 23.3. The lowest BCUT2D eigenvalue weighted by atomic mass is 10.1. The maximum absolute atomic E-state index is 13.9. The molecule has 4 aromatic rings. The number of carbonyl (C=O) groups is 2. The maximum Gasteiger partial charge on any atom is 0.434 e. The molecule has 0 saturated carbocycles. The molecule has 1 aliphatic heterocycles. The SMILES string of the molecule is Cc1ccc(-n2ncc(C(=O)Nc3ccc(C(=O)N4CCc5ccccc54)cc3)c2C(F)(F)F)cc1. The van der Waals surface area contributed by atoms with Crippen LogP contribution in [0.25, 0.3) is 5.69 Å². The number of carbonyl (C=O) groups excluding carboxylic acids is 2. The summed E-state index contributed by atoms with van der Waals surface area (Å²) < 4.78 is 42.5. The Morgan fingerprint density at radius 1 is 0.944 bits per heavy atom. The summed E-state index contributed by atoms with van der Waals surface area (Å²) in [4.78, 5) is 27.5. The van der Waals surface area contributed by atoms with Crippen molar-refractivity contribution in [1.82, 2.24) is 9.78 Å². The van der Waals surface area contributed by atoms with E-state index in [0.29, 0.717) is 16.8 Å². The number of aryl methyl sites for hydroxylation is 1. The molecule has 0 saturated heterocycles. The minimum absolute atomic E-state index is 0.184. The number of nitrogens with zero attached hydrogens (tertiary/aromatic N) is 3. The first-order chi connectivity index (χ1) is 17.2. The van der Waals surface area contributed by atoms with Gasteiger partial charge in [-0.15, -0.1) is 0 Å². The number of aromatic nitrogens is 2. The van der Waals surface area contributed by atoms with Crippen LogP contribution < -0.4 is 10.2 Å². The Labute approximate surface area is 205 Å². The van der Waals surface area contributed by atoms with E-state index in [9.17, 15) is 22.8 Å². The number of anilines is 2. The minimum Gasteiger partial charge on any atom is -0.322 e. The first-order valence-electron chi connectivity index (χ1n) is 11.3. The van der Waals surface area contributed by atoms with E-state index in [1.54, 1.807) is 29.2 Å². The van der Waals surface area contributed by atoms with Crippen molar-refractivity contribution in [2.45, 2.75) is 19.5 Å². The average molecular weight is 490 g/mol. The van der Waals surface area contributed by atoms with E-state index in [1.165, 1.54) is 24.3 Å². The highest BCUT2D eigenvalue weighted by molar-refractivity contribution is 6.08. The number of hydrogen-bond acceptors (Lipinski definition) is 3. The molecule has 182 valence electrons. The third kappa shape index (κ3) is 4.35. The van der Waals surface area contributed by atoms with Crippen molar-refractivity contribution < 1.29 is 22.8 Å². The number of alkyl halides is 3. The van der Waals surface area contributed by atoms with Crippen molar-refractivity contribution in [1.29, 1.82) is 0 Å². The normalized spacial score (nSPS) is 12.9. The highest BCUT2D eigenvalue weighted by Crippen LogP contribution is 2.34. The molecule has 0 atom stereocenters. The Kier molecular flexibility index (Phi) is 5.83. The number of benzene rings is 3. The molecule has 0 spiro atoms. The summed E-state index contributed by atoms with van der Waals surface area (Å²) in [6, 6.07) is 20.1. The summed E-state index contributed by atoms with van der Waals surface area (Å²) >= 11 is 0. The third-order valence-corrected chi connectivity index (χ3v) is 6.08. The van der Waals surface area contributed by atoms with E-state index in [4.69, 9.17) is 0 Å². The largest absolute Gasteiger partial charge is 0.434 e. The van der Waals surface area contributed by atoms with Gasteiger partial charge in [0, 0.05) is 23.5 Å². The van der Waals surface area contributed by atoms with Crippen LogP contribution in [0.5, 0.6) is 0 Å². The van der Waals surface area contributed by atoms with Crippen LogP contribution in [0.1, 0.15) is 37.5 Å². The fraction of sp³-hybridized carbons (Fsp3) is 0.148. The molecule has 1 N–H and O–H groups in total. The molecular formula is C27H21F3N4O2. The molecule has 6 nitrogen and oxygen atoms in total. The first-order valence-corrected chi connectivity index (χ1v) is 11.3. The van der Waals surface area contributed by atoms with Gasteiger partial charge in [0.05, 0.1) is 17.4 Å². The average Bonchev–Trinajstić information content (AvgIpc) is 3.50. The van der Waals surface area contributed by atoms with Crippen molar-refractivity contribution in [3.63, 3.8) is 0 Å². The van der Waals surface area contributed by atoms with Gasteiger partial charge in [0.1, 0.15) is 0 Å². The zero-order valence-electron chi connectivity index (χ0n) is 19.2. The van der Waals surface area contributed by atoms with Crippen LogP contribution >= 0.6 is 0 Å². The second-order valence-electron chi connectivity index (χ2n) is 8.52. The quantitative estimate of drug-likeness (QED) is 0.402. The van der Waals surface area contributed by atoms with Crippen molar-refractivity contribution in [2.24, 2.45) is 0 Å². The molecule has 36 heavy (non-hydrogen) atoms. The minimum atomic E-state index is -4.81. The van der Waals surface area contributed by atoms with Crippen molar-refractivity contribution in [2.75, 3.05) is 16.8 Å².